The molecule has 0 bridgehead atoms. The minimum absolute atomic E-state index is 0.0657. The Morgan fingerprint density at radius 3 is 2.53 bits per heavy atom. The summed E-state index contributed by atoms with van der Waals surface area (Å²) in [7, 11) is 1.84. The second-order valence-electron chi connectivity index (χ2n) is 3.85. The third-order valence-electron chi connectivity index (χ3n) is 2.66. The number of hydrogen-bond donors (Lipinski definition) is 0. The Morgan fingerprint density at radius 1 is 1.53 bits per heavy atom. The summed E-state index contributed by atoms with van der Waals surface area (Å²) >= 11 is 0. The molecule has 0 amide bonds. The van der Waals surface area contributed by atoms with Gasteiger partial charge < -0.3 is 4.74 Å². The summed E-state index contributed by atoms with van der Waals surface area (Å²) in [6.07, 6.45) is 0.789. The maximum atomic E-state index is 11.6. The van der Waals surface area contributed by atoms with E-state index in [1.54, 1.807) is 4.68 Å². The van der Waals surface area contributed by atoms with E-state index in [2.05, 4.69) is 5.10 Å². The van der Waals surface area contributed by atoms with Gasteiger partial charge in [-0.25, -0.2) is 0 Å². The zero-order valence-corrected chi connectivity index (χ0v) is 10.00. The van der Waals surface area contributed by atoms with E-state index in [1.165, 1.54) is 0 Å². The third-order valence-corrected chi connectivity index (χ3v) is 2.66. The normalized spacial score (nSPS) is 12.6. The van der Waals surface area contributed by atoms with Gasteiger partial charge in [0.15, 0.2) is 5.75 Å². The van der Waals surface area contributed by atoms with Crippen LogP contribution in [0.2, 0.25) is 0 Å². The molecule has 0 radical (unpaired) electrons. The Hall–Kier alpha value is -1.32. The molecule has 0 fully saturated rings. The van der Waals surface area contributed by atoms with Crippen molar-refractivity contribution in [1.82, 2.24) is 9.78 Å². The van der Waals surface area contributed by atoms with Crippen molar-refractivity contribution in [2.75, 3.05) is 0 Å². The Balaban J connectivity index is 2.85. The van der Waals surface area contributed by atoms with E-state index in [0.29, 0.717) is 5.75 Å². The molecule has 1 atom stereocenters. The average Bonchev–Trinajstić information content (AvgIpc) is 2.43. The third kappa shape index (κ3) is 2.37. The number of nitrogens with zero attached hydrogens (tertiary/aromatic N) is 2. The van der Waals surface area contributed by atoms with Crippen LogP contribution in [0.15, 0.2) is 0 Å². The van der Waals surface area contributed by atoms with E-state index in [9.17, 15) is 4.79 Å². The van der Waals surface area contributed by atoms with E-state index in [-0.39, 0.29) is 11.9 Å². The fourth-order valence-corrected chi connectivity index (χ4v) is 1.27. The minimum Gasteiger partial charge on any atom is -0.422 e. The van der Waals surface area contributed by atoms with Gasteiger partial charge in [-0.15, -0.1) is 0 Å². The van der Waals surface area contributed by atoms with Gasteiger partial charge in [0.1, 0.15) is 5.69 Å². The maximum Gasteiger partial charge on any atom is 0.314 e. The van der Waals surface area contributed by atoms with Gasteiger partial charge >= 0.3 is 5.97 Å². The maximum absolute atomic E-state index is 11.6. The van der Waals surface area contributed by atoms with Gasteiger partial charge in [0.25, 0.3) is 0 Å². The first-order valence-electron chi connectivity index (χ1n) is 5.19. The Kier molecular flexibility index (Phi) is 3.50. The lowest BCUT2D eigenvalue weighted by Gasteiger charge is -2.08. The molecule has 84 valence electrons. The number of carbonyl (C=O) groups excluding carboxylic acids is 1. The standard InChI is InChI=1S/C11H18N2O2/c1-6-7(2)11(14)15-10-8(3)12-13(5)9(10)4/h7H,6H2,1-5H3/t7-/m1/s1. The van der Waals surface area contributed by atoms with Gasteiger partial charge in [-0.1, -0.05) is 13.8 Å². The van der Waals surface area contributed by atoms with Crippen molar-refractivity contribution in [1.29, 1.82) is 0 Å². The Labute approximate surface area is 90.2 Å². The van der Waals surface area contributed by atoms with E-state index in [4.69, 9.17) is 4.74 Å². The number of hydrogen-bond acceptors (Lipinski definition) is 3. The highest BCUT2D eigenvalue weighted by atomic mass is 16.5. The number of esters is 1. The summed E-state index contributed by atoms with van der Waals surface area (Å²) in [4.78, 5) is 11.6. The molecule has 4 nitrogen and oxygen atoms in total. The fraction of sp³-hybridized carbons (Fsp3) is 0.636. The van der Waals surface area contributed by atoms with E-state index in [0.717, 1.165) is 17.8 Å². The molecule has 4 heteroatoms. The van der Waals surface area contributed by atoms with Gasteiger partial charge in [0.05, 0.1) is 11.6 Å². The predicted molar refractivity (Wildman–Crippen MR) is 57.8 cm³/mol. The number of ether oxygens (including phenoxy) is 1. The molecule has 0 saturated carbocycles. The molecule has 0 aliphatic rings. The summed E-state index contributed by atoms with van der Waals surface area (Å²) in [5.41, 5.74) is 1.64. The van der Waals surface area contributed by atoms with Gasteiger partial charge in [0, 0.05) is 7.05 Å². The van der Waals surface area contributed by atoms with Crippen molar-refractivity contribution in [2.45, 2.75) is 34.1 Å². The topological polar surface area (TPSA) is 44.1 Å². The molecule has 0 N–H and O–H groups in total. The zero-order valence-electron chi connectivity index (χ0n) is 10.00. The number of aryl methyl sites for hydroxylation is 2. The van der Waals surface area contributed by atoms with Crippen molar-refractivity contribution in [3.8, 4) is 5.75 Å². The molecule has 0 aromatic carbocycles. The highest BCUT2D eigenvalue weighted by Crippen LogP contribution is 2.22. The molecule has 1 aromatic heterocycles. The van der Waals surface area contributed by atoms with E-state index in [1.807, 2.05) is 34.7 Å². The van der Waals surface area contributed by atoms with Crippen molar-refractivity contribution in [3.05, 3.63) is 11.4 Å². The largest absolute Gasteiger partial charge is 0.422 e. The van der Waals surface area contributed by atoms with Crippen LogP contribution in [0, 0.1) is 19.8 Å². The molecule has 0 spiro atoms. The number of carbonyl (C=O) groups is 1. The predicted octanol–water partition coefficient (Wildman–Crippen LogP) is 1.99. The van der Waals surface area contributed by atoms with Gasteiger partial charge in [0.2, 0.25) is 0 Å². The quantitative estimate of drug-likeness (QED) is 0.717. The highest BCUT2D eigenvalue weighted by Gasteiger charge is 2.18. The molecule has 0 unspecified atom stereocenters. The number of aromatic nitrogens is 2. The summed E-state index contributed by atoms with van der Waals surface area (Å²) in [6, 6.07) is 0. The molecule has 1 heterocycles. The molecule has 0 aliphatic heterocycles. The van der Waals surface area contributed by atoms with Crippen LogP contribution in [0.5, 0.6) is 5.75 Å². The molecule has 15 heavy (non-hydrogen) atoms. The molecule has 0 aliphatic carbocycles. The molecule has 1 rings (SSSR count). The van der Waals surface area contributed by atoms with Crippen LogP contribution in [-0.2, 0) is 11.8 Å². The van der Waals surface area contributed by atoms with Crippen LogP contribution in [0.4, 0.5) is 0 Å². The second-order valence-corrected chi connectivity index (χ2v) is 3.85. The van der Waals surface area contributed by atoms with Gasteiger partial charge in [-0.05, 0) is 20.3 Å². The van der Waals surface area contributed by atoms with Crippen molar-refractivity contribution < 1.29 is 9.53 Å². The molecule has 0 saturated heterocycles. The lowest BCUT2D eigenvalue weighted by molar-refractivity contribution is -0.138. The summed E-state index contributed by atoms with van der Waals surface area (Å²) in [5, 5.41) is 4.19. The highest BCUT2D eigenvalue weighted by molar-refractivity contribution is 5.75. The number of rotatable bonds is 3. The summed E-state index contributed by atoms with van der Waals surface area (Å²) in [5.74, 6) is 0.350. The lowest BCUT2D eigenvalue weighted by atomic mass is 10.1. The van der Waals surface area contributed by atoms with Crippen LogP contribution < -0.4 is 4.74 Å². The summed E-state index contributed by atoms with van der Waals surface area (Å²) in [6.45, 7) is 7.56. The van der Waals surface area contributed by atoms with Crippen LogP contribution >= 0.6 is 0 Å². The molecular weight excluding hydrogens is 192 g/mol. The fourth-order valence-electron chi connectivity index (χ4n) is 1.27. The smallest absolute Gasteiger partial charge is 0.314 e. The zero-order chi connectivity index (χ0) is 11.6. The van der Waals surface area contributed by atoms with E-state index < -0.39 is 0 Å². The lowest BCUT2D eigenvalue weighted by Crippen LogP contribution is -2.17. The minimum atomic E-state index is -0.184. The van der Waals surface area contributed by atoms with Crippen molar-refractivity contribution in [2.24, 2.45) is 13.0 Å². The van der Waals surface area contributed by atoms with Crippen LogP contribution in [0.3, 0.4) is 0 Å². The first-order valence-corrected chi connectivity index (χ1v) is 5.19. The monoisotopic (exact) mass is 210 g/mol. The van der Waals surface area contributed by atoms with Crippen LogP contribution in [0.25, 0.3) is 0 Å². The average molecular weight is 210 g/mol. The van der Waals surface area contributed by atoms with Crippen molar-refractivity contribution in [3.63, 3.8) is 0 Å². The molecule has 1 aromatic rings. The first-order chi connectivity index (χ1) is 6.97. The summed E-state index contributed by atoms with van der Waals surface area (Å²) < 4.78 is 7.04. The van der Waals surface area contributed by atoms with Gasteiger partial charge in [-0.3, -0.25) is 9.48 Å². The SMILES string of the molecule is CC[C@@H](C)C(=O)Oc1c(C)nn(C)c1C. The first kappa shape index (κ1) is 11.8. The van der Waals surface area contributed by atoms with Crippen LogP contribution in [-0.4, -0.2) is 15.7 Å². The van der Waals surface area contributed by atoms with Crippen LogP contribution in [0.1, 0.15) is 31.7 Å². The van der Waals surface area contributed by atoms with E-state index >= 15 is 0 Å². The second kappa shape index (κ2) is 4.47. The van der Waals surface area contributed by atoms with Gasteiger partial charge in [-0.2, -0.15) is 5.10 Å². The van der Waals surface area contributed by atoms with Crippen molar-refractivity contribution >= 4 is 5.97 Å². The molecular formula is C11H18N2O2. The Morgan fingerprint density at radius 2 is 2.13 bits per heavy atom. The Bertz CT molecular complexity index is 369.